The number of aromatic nitrogens is 3. The first kappa shape index (κ1) is 11.6. The summed E-state index contributed by atoms with van der Waals surface area (Å²) >= 11 is 0. The molecule has 1 aliphatic rings. The molecule has 0 saturated carbocycles. The molecule has 1 fully saturated rings. The topological polar surface area (TPSA) is 45.5 Å². The summed E-state index contributed by atoms with van der Waals surface area (Å²) in [6.45, 7) is 3.15. The zero-order chi connectivity index (χ0) is 12.4. The van der Waals surface area contributed by atoms with Crippen LogP contribution in [-0.4, -0.2) is 45.4 Å². The quantitative estimate of drug-likeness (QED) is 0.873. The van der Waals surface area contributed by atoms with Crippen LogP contribution in [0.15, 0.2) is 24.7 Å². The molecular formula is C13H19N5. The van der Waals surface area contributed by atoms with Gasteiger partial charge in [0.05, 0.1) is 5.69 Å². The first-order chi connectivity index (χ1) is 8.83. The molecule has 1 aliphatic heterocycles. The fourth-order valence-electron chi connectivity index (χ4n) is 2.59. The zero-order valence-electron chi connectivity index (χ0n) is 10.7. The Kier molecular flexibility index (Phi) is 3.25. The van der Waals surface area contributed by atoms with Crippen molar-refractivity contribution in [3.05, 3.63) is 30.4 Å². The van der Waals surface area contributed by atoms with E-state index in [1.54, 1.807) is 6.20 Å². The van der Waals surface area contributed by atoms with Gasteiger partial charge in [0.2, 0.25) is 5.78 Å². The second kappa shape index (κ2) is 5.04. The van der Waals surface area contributed by atoms with Crippen molar-refractivity contribution in [3.63, 3.8) is 0 Å². The normalized spacial score (nSPS) is 17.7. The molecule has 0 radical (unpaired) electrons. The SMILES string of the molecule is CN(Cc1cn2cccnc2n1)C1CCNCC1. The Balaban J connectivity index is 1.71. The van der Waals surface area contributed by atoms with Gasteiger partial charge in [0, 0.05) is 31.2 Å². The Labute approximate surface area is 107 Å². The number of piperidine rings is 1. The average Bonchev–Trinajstić information content (AvgIpc) is 2.82. The largest absolute Gasteiger partial charge is 0.317 e. The van der Waals surface area contributed by atoms with Crippen LogP contribution in [0.3, 0.4) is 0 Å². The Morgan fingerprint density at radius 1 is 1.44 bits per heavy atom. The van der Waals surface area contributed by atoms with Crippen LogP contribution in [0.25, 0.3) is 5.78 Å². The highest BCUT2D eigenvalue weighted by Crippen LogP contribution is 2.13. The molecular weight excluding hydrogens is 226 g/mol. The Morgan fingerprint density at radius 2 is 2.28 bits per heavy atom. The average molecular weight is 245 g/mol. The fraction of sp³-hybridized carbons (Fsp3) is 0.538. The van der Waals surface area contributed by atoms with Gasteiger partial charge in [-0.1, -0.05) is 0 Å². The van der Waals surface area contributed by atoms with Crippen molar-refractivity contribution in [2.45, 2.75) is 25.4 Å². The van der Waals surface area contributed by atoms with Gasteiger partial charge in [-0.05, 0) is 39.0 Å². The lowest BCUT2D eigenvalue weighted by atomic mass is 10.1. The molecule has 0 amide bonds. The lowest BCUT2D eigenvalue weighted by Gasteiger charge is -2.31. The van der Waals surface area contributed by atoms with E-state index in [2.05, 4.69) is 33.4 Å². The number of imidazole rings is 1. The van der Waals surface area contributed by atoms with Gasteiger partial charge in [0.15, 0.2) is 0 Å². The Morgan fingerprint density at radius 3 is 3.06 bits per heavy atom. The summed E-state index contributed by atoms with van der Waals surface area (Å²) in [7, 11) is 2.19. The summed E-state index contributed by atoms with van der Waals surface area (Å²) < 4.78 is 1.98. The van der Waals surface area contributed by atoms with E-state index in [-0.39, 0.29) is 0 Å². The minimum atomic E-state index is 0.670. The van der Waals surface area contributed by atoms with Crippen LogP contribution in [0, 0.1) is 0 Å². The maximum atomic E-state index is 4.54. The summed E-state index contributed by atoms with van der Waals surface area (Å²) in [5, 5.41) is 3.40. The summed E-state index contributed by atoms with van der Waals surface area (Å²) in [6.07, 6.45) is 8.29. The highest BCUT2D eigenvalue weighted by atomic mass is 15.2. The van der Waals surface area contributed by atoms with E-state index in [1.165, 1.54) is 12.8 Å². The highest BCUT2D eigenvalue weighted by Gasteiger charge is 2.18. The first-order valence-corrected chi connectivity index (χ1v) is 6.52. The van der Waals surface area contributed by atoms with Crippen molar-refractivity contribution < 1.29 is 0 Å². The number of rotatable bonds is 3. The van der Waals surface area contributed by atoms with Gasteiger partial charge < -0.3 is 5.32 Å². The van der Waals surface area contributed by atoms with Crippen LogP contribution in [0.5, 0.6) is 0 Å². The second-order valence-electron chi connectivity index (χ2n) is 4.96. The van der Waals surface area contributed by atoms with E-state index in [4.69, 9.17) is 0 Å². The smallest absolute Gasteiger partial charge is 0.233 e. The van der Waals surface area contributed by atoms with E-state index in [0.29, 0.717) is 6.04 Å². The van der Waals surface area contributed by atoms with Crippen LogP contribution >= 0.6 is 0 Å². The molecule has 96 valence electrons. The van der Waals surface area contributed by atoms with E-state index >= 15 is 0 Å². The van der Waals surface area contributed by atoms with Crippen molar-refractivity contribution in [1.29, 1.82) is 0 Å². The molecule has 3 heterocycles. The van der Waals surface area contributed by atoms with Crippen molar-refractivity contribution in [2.24, 2.45) is 0 Å². The van der Waals surface area contributed by atoms with E-state index < -0.39 is 0 Å². The zero-order valence-corrected chi connectivity index (χ0v) is 10.7. The molecule has 0 spiro atoms. The van der Waals surface area contributed by atoms with E-state index in [9.17, 15) is 0 Å². The Bertz CT molecular complexity index is 482. The minimum Gasteiger partial charge on any atom is -0.317 e. The maximum Gasteiger partial charge on any atom is 0.233 e. The number of fused-ring (bicyclic) bond motifs is 1. The van der Waals surface area contributed by atoms with Gasteiger partial charge in [-0.3, -0.25) is 9.30 Å². The van der Waals surface area contributed by atoms with Crippen LogP contribution < -0.4 is 5.32 Å². The predicted molar refractivity (Wildman–Crippen MR) is 70.3 cm³/mol. The molecule has 0 aromatic carbocycles. The number of nitrogens with one attached hydrogen (secondary N) is 1. The molecule has 3 rings (SSSR count). The number of hydrogen-bond donors (Lipinski definition) is 1. The number of nitrogens with zero attached hydrogens (tertiary/aromatic N) is 4. The van der Waals surface area contributed by atoms with E-state index in [1.807, 2.05) is 16.7 Å². The first-order valence-electron chi connectivity index (χ1n) is 6.52. The monoisotopic (exact) mass is 245 g/mol. The van der Waals surface area contributed by atoms with Gasteiger partial charge in [-0.25, -0.2) is 9.97 Å². The predicted octanol–water partition coefficient (Wildman–Crippen LogP) is 0.913. The third-order valence-electron chi connectivity index (χ3n) is 3.63. The molecule has 5 nitrogen and oxygen atoms in total. The van der Waals surface area contributed by atoms with Crippen LogP contribution in [0.2, 0.25) is 0 Å². The molecule has 18 heavy (non-hydrogen) atoms. The van der Waals surface area contributed by atoms with E-state index in [0.717, 1.165) is 31.1 Å². The van der Waals surface area contributed by atoms with Crippen LogP contribution in [-0.2, 0) is 6.54 Å². The number of hydrogen-bond acceptors (Lipinski definition) is 4. The van der Waals surface area contributed by atoms with Crippen molar-refractivity contribution in [1.82, 2.24) is 24.6 Å². The molecule has 0 unspecified atom stereocenters. The van der Waals surface area contributed by atoms with Crippen LogP contribution in [0.1, 0.15) is 18.5 Å². The fourth-order valence-corrected chi connectivity index (χ4v) is 2.59. The van der Waals surface area contributed by atoms with Crippen molar-refractivity contribution >= 4 is 5.78 Å². The van der Waals surface area contributed by atoms with Gasteiger partial charge in [-0.2, -0.15) is 0 Å². The molecule has 0 bridgehead atoms. The minimum absolute atomic E-state index is 0.670. The standard InChI is InChI=1S/C13H19N5/c1-17(12-3-6-14-7-4-12)9-11-10-18-8-2-5-15-13(18)16-11/h2,5,8,10,12,14H,3-4,6-7,9H2,1H3. The summed E-state index contributed by atoms with van der Waals surface area (Å²) in [6, 6.07) is 2.60. The highest BCUT2D eigenvalue weighted by molar-refractivity contribution is 5.29. The van der Waals surface area contributed by atoms with Gasteiger partial charge in [0.1, 0.15) is 0 Å². The van der Waals surface area contributed by atoms with Gasteiger partial charge in [0.25, 0.3) is 0 Å². The summed E-state index contributed by atoms with van der Waals surface area (Å²) in [5.41, 5.74) is 1.09. The molecule has 2 aromatic rings. The lowest BCUT2D eigenvalue weighted by molar-refractivity contribution is 0.190. The third kappa shape index (κ3) is 2.37. The summed E-state index contributed by atoms with van der Waals surface area (Å²) in [4.78, 5) is 11.2. The molecule has 2 aromatic heterocycles. The molecule has 1 saturated heterocycles. The Hall–Kier alpha value is -1.46. The van der Waals surface area contributed by atoms with Gasteiger partial charge >= 0.3 is 0 Å². The molecule has 0 atom stereocenters. The summed E-state index contributed by atoms with van der Waals surface area (Å²) in [5.74, 6) is 0.784. The van der Waals surface area contributed by atoms with Crippen molar-refractivity contribution in [3.8, 4) is 0 Å². The maximum absolute atomic E-state index is 4.54. The third-order valence-corrected chi connectivity index (χ3v) is 3.63. The molecule has 0 aliphatic carbocycles. The van der Waals surface area contributed by atoms with Gasteiger partial charge in [-0.15, -0.1) is 0 Å². The van der Waals surface area contributed by atoms with Crippen molar-refractivity contribution in [2.75, 3.05) is 20.1 Å². The lowest BCUT2D eigenvalue weighted by Crippen LogP contribution is -2.40. The second-order valence-corrected chi connectivity index (χ2v) is 4.96. The molecule has 5 heteroatoms. The van der Waals surface area contributed by atoms with Crippen LogP contribution in [0.4, 0.5) is 0 Å². The molecule has 1 N–H and O–H groups in total.